The molecule has 0 heterocycles. The molecule has 2 aliphatic carbocycles. The Morgan fingerprint density at radius 2 is 2.06 bits per heavy atom. The largest absolute Gasteiger partial charge is 0.387 e. The highest BCUT2D eigenvalue weighted by atomic mass is 16.3. The Bertz CT molecular complexity index is 400. The zero-order chi connectivity index (χ0) is 11.8. The summed E-state index contributed by atoms with van der Waals surface area (Å²) >= 11 is 0. The van der Waals surface area contributed by atoms with Crippen LogP contribution in [0.15, 0.2) is 24.3 Å². The maximum Gasteiger partial charge on any atom is 0.0950 e. The summed E-state index contributed by atoms with van der Waals surface area (Å²) in [4.78, 5) is 2.35. The minimum Gasteiger partial charge on any atom is -0.387 e. The van der Waals surface area contributed by atoms with Crippen LogP contribution in [0.25, 0.3) is 0 Å². The van der Waals surface area contributed by atoms with Crippen LogP contribution in [0, 0.1) is 5.92 Å². The number of benzene rings is 1. The zero-order valence-electron chi connectivity index (χ0n) is 10.5. The fraction of sp³-hybridized carbons (Fsp3) is 0.600. The summed E-state index contributed by atoms with van der Waals surface area (Å²) in [7, 11) is 2.15. The molecule has 1 fully saturated rings. The molecule has 1 aromatic carbocycles. The molecule has 1 aromatic rings. The summed E-state index contributed by atoms with van der Waals surface area (Å²) in [5.74, 6) is 0.971. The van der Waals surface area contributed by atoms with Gasteiger partial charge in [0.1, 0.15) is 0 Å². The van der Waals surface area contributed by atoms with Crippen molar-refractivity contribution in [3.05, 3.63) is 35.4 Å². The highest BCUT2D eigenvalue weighted by Gasteiger charge is 2.33. The van der Waals surface area contributed by atoms with Crippen LogP contribution in [-0.2, 0) is 6.42 Å². The molecule has 2 heteroatoms. The van der Waals surface area contributed by atoms with Gasteiger partial charge in [0.15, 0.2) is 0 Å². The molecule has 0 bridgehead atoms. The molecule has 0 amide bonds. The number of likely N-dealkylation sites (N-methyl/N-ethyl adjacent to an activating group) is 1. The van der Waals surface area contributed by atoms with E-state index in [1.54, 1.807) is 0 Å². The molecule has 2 nitrogen and oxygen atoms in total. The van der Waals surface area contributed by atoms with Crippen LogP contribution in [0.1, 0.15) is 36.5 Å². The second kappa shape index (κ2) is 4.43. The molecule has 0 saturated heterocycles. The number of aliphatic hydroxyl groups excluding tert-OH is 1. The lowest BCUT2D eigenvalue weighted by molar-refractivity contribution is 0.0746. The standard InChI is InChI=1S/C15H21NO/c1-16(9-8-11-6-7-11)14-10-12-4-2-3-5-13(12)15(14)17/h2-5,11,14-15,17H,6-10H2,1H3. The number of hydrogen-bond acceptors (Lipinski definition) is 2. The van der Waals surface area contributed by atoms with Crippen molar-refractivity contribution in [3.63, 3.8) is 0 Å². The number of nitrogens with zero attached hydrogens (tertiary/aromatic N) is 1. The zero-order valence-corrected chi connectivity index (χ0v) is 10.5. The molecule has 0 radical (unpaired) electrons. The lowest BCUT2D eigenvalue weighted by atomic mass is 10.1. The fourth-order valence-corrected chi connectivity index (χ4v) is 2.91. The summed E-state index contributed by atoms with van der Waals surface area (Å²) in [6.45, 7) is 1.13. The number of fused-ring (bicyclic) bond motifs is 1. The third kappa shape index (κ3) is 2.24. The second-order valence-corrected chi connectivity index (χ2v) is 5.63. The van der Waals surface area contributed by atoms with Crippen LogP contribution in [0.4, 0.5) is 0 Å². The van der Waals surface area contributed by atoms with Gasteiger partial charge in [-0.05, 0) is 43.5 Å². The van der Waals surface area contributed by atoms with Crippen LogP contribution in [0.2, 0.25) is 0 Å². The van der Waals surface area contributed by atoms with Gasteiger partial charge in [-0.15, -0.1) is 0 Å². The SMILES string of the molecule is CN(CCC1CC1)C1Cc2ccccc2C1O. The highest BCUT2D eigenvalue weighted by molar-refractivity contribution is 5.35. The van der Waals surface area contributed by atoms with Crippen molar-refractivity contribution in [2.24, 2.45) is 5.92 Å². The third-order valence-corrected chi connectivity index (χ3v) is 4.32. The van der Waals surface area contributed by atoms with Gasteiger partial charge in [-0.2, -0.15) is 0 Å². The van der Waals surface area contributed by atoms with E-state index in [0.717, 1.165) is 24.4 Å². The van der Waals surface area contributed by atoms with Gasteiger partial charge >= 0.3 is 0 Å². The molecular weight excluding hydrogens is 210 g/mol. The lowest BCUT2D eigenvalue weighted by Gasteiger charge is -2.27. The Morgan fingerprint density at radius 1 is 1.29 bits per heavy atom. The van der Waals surface area contributed by atoms with E-state index in [2.05, 4.69) is 30.1 Å². The van der Waals surface area contributed by atoms with E-state index in [9.17, 15) is 5.11 Å². The van der Waals surface area contributed by atoms with Crippen molar-refractivity contribution >= 4 is 0 Å². The van der Waals surface area contributed by atoms with Gasteiger partial charge in [-0.1, -0.05) is 37.1 Å². The van der Waals surface area contributed by atoms with E-state index in [4.69, 9.17) is 0 Å². The third-order valence-electron chi connectivity index (χ3n) is 4.32. The van der Waals surface area contributed by atoms with E-state index in [1.165, 1.54) is 24.8 Å². The van der Waals surface area contributed by atoms with Crippen molar-refractivity contribution in [3.8, 4) is 0 Å². The van der Waals surface area contributed by atoms with Crippen molar-refractivity contribution in [2.45, 2.75) is 37.8 Å². The molecule has 2 aliphatic rings. The maximum absolute atomic E-state index is 10.4. The number of aliphatic hydroxyl groups is 1. The molecule has 2 atom stereocenters. The Balaban J connectivity index is 1.65. The average Bonchev–Trinajstić information content (AvgIpc) is 3.11. The first-order valence-corrected chi connectivity index (χ1v) is 6.72. The van der Waals surface area contributed by atoms with E-state index in [-0.39, 0.29) is 12.1 Å². The van der Waals surface area contributed by atoms with Gasteiger partial charge in [0.05, 0.1) is 6.10 Å². The van der Waals surface area contributed by atoms with Gasteiger partial charge < -0.3 is 10.0 Å². The molecule has 17 heavy (non-hydrogen) atoms. The summed E-state index contributed by atoms with van der Waals surface area (Å²) in [6.07, 6.45) is 4.84. The number of rotatable bonds is 4. The molecule has 0 spiro atoms. The van der Waals surface area contributed by atoms with Gasteiger partial charge in [0.2, 0.25) is 0 Å². The minimum atomic E-state index is -0.296. The normalized spacial score (nSPS) is 27.5. The summed E-state index contributed by atoms with van der Waals surface area (Å²) in [6, 6.07) is 8.58. The fourth-order valence-electron chi connectivity index (χ4n) is 2.91. The average molecular weight is 231 g/mol. The van der Waals surface area contributed by atoms with E-state index < -0.39 is 0 Å². The Hall–Kier alpha value is -0.860. The monoisotopic (exact) mass is 231 g/mol. The van der Waals surface area contributed by atoms with Gasteiger partial charge in [-0.3, -0.25) is 0 Å². The molecule has 0 aromatic heterocycles. The van der Waals surface area contributed by atoms with Crippen LogP contribution in [0.5, 0.6) is 0 Å². The Labute approximate surface area is 103 Å². The van der Waals surface area contributed by atoms with E-state index in [0.29, 0.717) is 0 Å². The smallest absolute Gasteiger partial charge is 0.0950 e. The first-order valence-electron chi connectivity index (χ1n) is 6.72. The quantitative estimate of drug-likeness (QED) is 0.860. The van der Waals surface area contributed by atoms with E-state index >= 15 is 0 Å². The van der Waals surface area contributed by atoms with Gasteiger partial charge in [0.25, 0.3) is 0 Å². The highest BCUT2D eigenvalue weighted by Crippen LogP contribution is 2.36. The van der Waals surface area contributed by atoms with Crippen molar-refractivity contribution in [2.75, 3.05) is 13.6 Å². The van der Waals surface area contributed by atoms with Gasteiger partial charge in [0, 0.05) is 6.04 Å². The molecule has 3 rings (SSSR count). The second-order valence-electron chi connectivity index (χ2n) is 5.63. The molecule has 1 N–H and O–H groups in total. The van der Waals surface area contributed by atoms with Crippen molar-refractivity contribution in [1.29, 1.82) is 0 Å². The van der Waals surface area contributed by atoms with Crippen LogP contribution < -0.4 is 0 Å². The van der Waals surface area contributed by atoms with Crippen molar-refractivity contribution in [1.82, 2.24) is 4.90 Å². The molecule has 2 unspecified atom stereocenters. The Morgan fingerprint density at radius 3 is 2.76 bits per heavy atom. The van der Waals surface area contributed by atoms with Gasteiger partial charge in [-0.25, -0.2) is 0 Å². The number of hydrogen-bond donors (Lipinski definition) is 1. The van der Waals surface area contributed by atoms with Crippen LogP contribution in [0.3, 0.4) is 0 Å². The topological polar surface area (TPSA) is 23.5 Å². The molecular formula is C15H21NO. The summed E-state index contributed by atoms with van der Waals surface area (Å²) in [5.41, 5.74) is 2.46. The van der Waals surface area contributed by atoms with Crippen LogP contribution >= 0.6 is 0 Å². The molecule has 92 valence electrons. The maximum atomic E-state index is 10.4. The molecule has 1 saturated carbocycles. The first-order chi connectivity index (χ1) is 8.25. The predicted octanol–water partition coefficient (Wildman–Crippen LogP) is 2.38. The Kier molecular flexibility index (Phi) is 2.93. The molecule has 0 aliphatic heterocycles. The van der Waals surface area contributed by atoms with Crippen molar-refractivity contribution < 1.29 is 5.11 Å². The van der Waals surface area contributed by atoms with E-state index in [1.807, 2.05) is 6.07 Å². The lowest BCUT2D eigenvalue weighted by Crippen LogP contribution is -2.35. The minimum absolute atomic E-state index is 0.283. The predicted molar refractivity (Wildman–Crippen MR) is 68.9 cm³/mol. The summed E-state index contributed by atoms with van der Waals surface area (Å²) in [5, 5.41) is 10.4. The first kappa shape index (κ1) is 11.2. The summed E-state index contributed by atoms with van der Waals surface area (Å²) < 4.78 is 0. The van der Waals surface area contributed by atoms with Crippen LogP contribution in [-0.4, -0.2) is 29.6 Å².